The molecule has 0 radical (unpaired) electrons. The normalized spacial score (nSPS) is 13.2. The van der Waals surface area contributed by atoms with Crippen LogP contribution in [0, 0.1) is 0 Å². The first-order valence-electron chi connectivity index (χ1n) is 8.69. The maximum Gasteiger partial charge on any atom is 0.319 e. The van der Waals surface area contributed by atoms with E-state index in [1.165, 1.54) is 0 Å². The summed E-state index contributed by atoms with van der Waals surface area (Å²) in [6, 6.07) is 15.5. The van der Waals surface area contributed by atoms with Crippen LogP contribution >= 0.6 is 0 Å². The van der Waals surface area contributed by atoms with Crippen LogP contribution in [0.15, 0.2) is 59.4 Å². The van der Waals surface area contributed by atoms with Gasteiger partial charge < -0.3 is 20.9 Å². The van der Waals surface area contributed by atoms with Gasteiger partial charge in [-0.15, -0.1) is 0 Å². The second-order valence-electron chi connectivity index (χ2n) is 6.50. The van der Waals surface area contributed by atoms with Crippen molar-refractivity contribution in [2.24, 2.45) is 0 Å². The van der Waals surface area contributed by atoms with Crippen LogP contribution in [-0.2, 0) is 0 Å². The van der Waals surface area contributed by atoms with Crippen molar-refractivity contribution in [2.45, 2.75) is 18.9 Å². The van der Waals surface area contributed by atoms with Crippen LogP contribution in [0.4, 0.5) is 16.2 Å². The van der Waals surface area contributed by atoms with E-state index in [-0.39, 0.29) is 23.3 Å². The molecule has 1 aromatic heterocycles. The van der Waals surface area contributed by atoms with Crippen molar-refractivity contribution in [1.29, 1.82) is 0 Å². The van der Waals surface area contributed by atoms with Crippen LogP contribution in [0.1, 0.15) is 23.3 Å². The number of fused-ring (bicyclic) bond motifs is 1. The molecule has 27 heavy (non-hydrogen) atoms. The largest absolute Gasteiger partial charge is 0.335 e. The lowest BCUT2D eigenvalue weighted by molar-refractivity contribution is 0.102. The first-order valence-corrected chi connectivity index (χ1v) is 8.69. The van der Waals surface area contributed by atoms with Gasteiger partial charge in [0, 0.05) is 22.8 Å². The summed E-state index contributed by atoms with van der Waals surface area (Å²) >= 11 is 0. The molecule has 1 fully saturated rings. The minimum atomic E-state index is -0.412. The molecule has 4 rings (SSSR count). The molecule has 7 nitrogen and oxygen atoms in total. The Balaban J connectivity index is 1.44. The van der Waals surface area contributed by atoms with Crippen molar-refractivity contribution in [3.05, 3.63) is 70.6 Å². The van der Waals surface area contributed by atoms with Gasteiger partial charge in [-0.25, -0.2) is 4.79 Å². The van der Waals surface area contributed by atoms with Gasteiger partial charge in [-0.2, -0.15) is 0 Å². The molecule has 0 aliphatic heterocycles. The molecular formula is C20H18N4O3. The minimum absolute atomic E-state index is 0.185. The molecule has 4 N–H and O–H groups in total. The summed E-state index contributed by atoms with van der Waals surface area (Å²) in [5.41, 5.74) is 1.07. The van der Waals surface area contributed by atoms with Crippen molar-refractivity contribution in [3.63, 3.8) is 0 Å². The molecule has 0 atom stereocenters. The number of carbonyl (C=O) groups is 2. The summed E-state index contributed by atoms with van der Waals surface area (Å²) in [7, 11) is 0. The maximum atomic E-state index is 12.4. The average Bonchev–Trinajstić information content (AvgIpc) is 3.47. The zero-order valence-corrected chi connectivity index (χ0v) is 14.4. The first kappa shape index (κ1) is 16.8. The molecule has 3 amide bonds. The summed E-state index contributed by atoms with van der Waals surface area (Å²) in [6.45, 7) is 0. The highest BCUT2D eigenvalue weighted by molar-refractivity contribution is 6.04. The minimum Gasteiger partial charge on any atom is -0.335 e. The van der Waals surface area contributed by atoms with Crippen molar-refractivity contribution in [3.8, 4) is 0 Å². The van der Waals surface area contributed by atoms with Gasteiger partial charge in [0.15, 0.2) is 0 Å². The van der Waals surface area contributed by atoms with Gasteiger partial charge in [-0.1, -0.05) is 18.2 Å². The molecule has 0 spiro atoms. The van der Waals surface area contributed by atoms with Crippen LogP contribution in [0.25, 0.3) is 10.8 Å². The fourth-order valence-electron chi connectivity index (χ4n) is 2.75. The third-order valence-electron chi connectivity index (χ3n) is 4.31. The van der Waals surface area contributed by atoms with Crippen LogP contribution in [0.2, 0.25) is 0 Å². The van der Waals surface area contributed by atoms with Crippen LogP contribution < -0.4 is 21.5 Å². The van der Waals surface area contributed by atoms with Gasteiger partial charge in [0.05, 0.1) is 0 Å². The first-order chi connectivity index (χ1) is 13.1. The Kier molecular flexibility index (Phi) is 4.33. The average molecular weight is 362 g/mol. The summed E-state index contributed by atoms with van der Waals surface area (Å²) in [5, 5.41) is 9.55. The highest BCUT2D eigenvalue weighted by Crippen LogP contribution is 2.19. The second kappa shape index (κ2) is 6.95. The number of aromatic amines is 1. The Labute approximate surface area is 154 Å². The fraction of sp³-hybridized carbons (Fsp3) is 0.150. The molecule has 136 valence electrons. The molecule has 0 unspecified atom stereocenters. The number of H-pyrrole nitrogens is 1. The number of benzene rings is 2. The van der Waals surface area contributed by atoms with Gasteiger partial charge in [0.25, 0.3) is 11.5 Å². The lowest BCUT2D eigenvalue weighted by Gasteiger charge is -2.09. The number of hydrogen-bond donors (Lipinski definition) is 4. The standard InChI is InChI=1S/C20H18N4O3/c25-18-16-4-2-1-3-12(16)11-17(24-18)19(26)21-13-5-7-14(8-6-13)22-20(27)23-15-9-10-15/h1-8,11,15H,9-10H2,(H,21,26)(H,24,25)(H2,22,23,27). The van der Waals surface area contributed by atoms with E-state index in [0.29, 0.717) is 22.1 Å². The lowest BCUT2D eigenvalue weighted by Crippen LogP contribution is -2.30. The van der Waals surface area contributed by atoms with Crippen LogP contribution in [0.5, 0.6) is 0 Å². The Bertz CT molecular complexity index is 1070. The van der Waals surface area contributed by atoms with E-state index >= 15 is 0 Å². The van der Waals surface area contributed by atoms with Crippen molar-refractivity contribution >= 4 is 34.1 Å². The molecule has 3 aromatic rings. The zero-order valence-electron chi connectivity index (χ0n) is 14.4. The Hall–Kier alpha value is -3.61. The van der Waals surface area contributed by atoms with Gasteiger partial charge in [0.2, 0.25) is 0 Å². The maximum absolute atomic E-state index is 12.4. The van der Waals surface area contributed by atoms with E-state index in [1.807, 2.05) is 6.07 Å². The van der Waals surface area contributed by atoms with Crippen LogP contribution in [0.3, 0.4) is 0 Å². The fourth-order valence-corrected chi connectivity index (χ4v) is 2.75. The molecule has 0 saturated heterocycles. The van der Waals surface area contributed by atoms with Gasteiger partial charge in [-0.3, -0.25) is 9.59 Å². The molecule has 0 bridgehead atoms. The van der Waals surface area contributed by atoms with Gasteiger partial charge in [0.1, 0.15) is 5.69 Å². The van der Waals surface area contributed by atoms with Gasteiger partial charge in [-0.05, 0) is 54.6 Å². The summed E-state index contributed by atoms with van der Waals surface area (Å²) in [5.74, 6) is -0.412. The quantitative estimate of drug-likeness (QED) is 0.573. The second-order valence-corrected chi connectivity index (χ2v) is 6.50. The SMILES string of the molecule is O=C(Nc1ccc(NC(=O)c2cc3ccccc3c(=O)[nH]2)cc1)NC1CC1. The lowest BCUT2D eigenvalue weighted by atomic mass is 10.1. The predicted octanol–water partition coefficient (Wildman–Crippen LogP) is 3.06. The summed E-state index contributed by atoms with van der Waals surface area (Å²) in [4.78, 5) is 38.9. The number of pyridine rings is 1. The highest BCUT2D eigenvalue weighted by Gasteiger charge is 2.23. The van der Waals surface area contributed by atoms with Crippen molar-refractivity contribution in [1.82, 2.24) is 10.3 Å². The molecule has 1 aliphatic carbocycles. The van der Waals surface area contributed by atoms with E-state index in [1.54, 1.807) is 48.5 Å². The third kappa shape index (κ3) is 3.98. The monoisotopic (exact) mass is 362 g/mol. The number of hydrogen-bond acceptors (Lipinski definition) is 3. The van der Waals surface area contributed by atoms with E-state index in [0.717, 1.165) is 12.8 Å². The van der Waals surface area contributed by atoms with Gasteiger partial charge >= 0.3 is 6.03 Å². The number of urea groups is 1. The topological polar surface area (TPSA) is 103 Å². The zero-order chi connectivity index (χ0) is 18.8. The van der Waals surface area contributed by atoms with E-state index in [2.05, 4.69) is 20.9 Å². The molecule has 1 saturated carbocycles. The number of anilines is 2. The number of amides is 3. The molecule has 1 aliphatic rings. The number of nitrogens with one attached hydrogen (secondary N) is 4. The van der Waals surface area contributed by atoms with E-state index in [4.69, 9.17) is 0 Å². The Morgan fingerprint density at radius 3 is 2.30 bits per heavy atom. The van der Waals surface area contributed by atoms with E-state index in [9.17, 15) is 14.4 Å². The molecule has 2 aromatic carbocycles. The van der Waals surface area contributed by atoms with Crippen LogP contribution in [-0.4, -0.2) is 23.0 Å². The summed E-state index contributed by atoms with van der Waals surface area (Å²) < 4.78 is 0. The number of rotatable bonds is 4. The van der Waals surface area contributed by atoms with E-state index < -0.39 is 5.91 Å². The highest BCUT2D eigenvalue weighted by atomic mass is 16.2. The van der Waals surface area contributed by atoms with Crippen molar-refractivity contribution in [2.75, 3.05) is 10.6 Å². The number of aromatic nitrogens is 1. The third-order valence-corrected chi connectivity index (χ3v) is 4.31. The molecule has 7 heteroatoms. The smallest absolute Gasteiger partial charge is 0.319 e. The summed E-state index contributed by atoms with van der Waals surface area (Å²) in [6.07, 6.45) is 2.05. The van der Waals surface area contributed by atoms with Crippen molar-refractivity contribution < 1.29 is 9.59 Å². The molecular weight excluding hydrogens is 344 g/mol. The predicted molar refractivity (Wildman–Crippen MR) is 104 cm³/mol. The molecule has 1 heterocycles. The number of carbonyl (C=O) groups excluding carboxylic acids is 2. The Morgan fingerprint density at radius 1 is 0.926 bits per heavy atom. The Morgan fingerprint density at radius 2 is 1.59 bits per heavy atom.